The molecule has 1 aliphatic rings. The van der Waals surface area contributed by atoms with Crippen molar-refractivity contribution in [2.24, 2.45) is 0 Å². The number of hydrogen-bond acceptors (Lipinski definition) is 3. The van der Waals surface area contributed by atoms with E-state index >= 15 is 0 Å². The van der Waals surface area contributed by atoms with E-state index in [1.807, 2.05) is 30.3 Å². The molecule has 1 aliphatic heterocycles. The van der Waals surface area contributed by atoms with Crippen LogP contribution < -0.4 is 5.32 Å². The fraction of sp³-hybridized carbons (Fsp3) is 0.278. The van der Waals surface area contributed by atoms with E-state index in [9.17, 15) is 13.2 Å². The fourth-order valence-electron chi connectivity index (χ4n) is 2.77. The molecule has 1 fully saturated rings. The highest BCUT2D eigenvalue weighted by molar-refractivity contribution is 7.89. The van der Waals surface area contributed by atoms with E-state index < -0.39 is 10.0 Å². The zero-order valence-corrected chi connectivity index (χ0v) is 15.7. The summed E-state index contributed by atoms with van der Waals surface area (Å²) in [6.07, 6.45) is 0. The first-order chi connectivity index (χ1) is 12.5. The Morgan fingerprint density at radius 3 is 2.19 bits per heavy atom. The summed E-state index contributed by atoms with van der Waals surface area (Å²) in [6.45, 7) is 1.69. The van der Waals surface area contributed by atoms with Gasteiger partial charge in [0.05, 0.1) is 4.90 Å². The highest BCUT2D eigenvalue weighted by atomic mass is 35.5. The molecule has 0 aliphatic carbocycles. The fourth-order valence-corrected chi connectivity index (χ4v) is 4.32. The van der Waals surface area contributed by atoms with Crippen LogP contribution in [0.15, 0.2) is 59.5 Å². The molecule has 2 aromatic rings. The maximum atomic E-state index is 12.6. The van der Waals surface area contributed by atoms with Gasteiger partial charge in [0.2, 0.25) is 10.0 Å². The minimum atomic E-state index is -3.57. The van der Waals surface area contributed by atoms with E-state index in [0.717, 1.165) is 5.56 Å². The number of benzene rings is 2. The van der Waals surface area contributed by atoms with Crippen molar-refractivity contribution in [2.45, 2.75) is 11.4 Å². The minimum absolute atomic E-state index is 0.183. The summed E-state index contributed by atoms with van der Waals surface area (Å²) in [6, 6.07) is 15.6. The molecule has 0 saturated carbocycles. The Morgan fingerprint density at radius 1 is 0.962 bits per heavy atom. The van der Waals surface area contributed by atoms with Crippen molar-refractivity contribution >= 4 is 27.7 Å². The molecule has 0 aromatic heterocycles. The summed E-state index contributed by atoms with van der Waals surface area (Å²) in [4.78, 5) is 14.1. The van der Waals surface area contributed by atoms with Gasteiger partial charge in [0.1, 0.15) is 0 Å². The van der Waals surface area contributed by atoms with E-state index in [0.29, 0.717) is 24.7 Å². The van der Waals surface area contributed by atoms with Gasteiger partial charge in [0, 0.05) is 37.7 Å². The highest BCUT2D eigenvalue weighted by Gasteiger charge is 2.29. The number of carbonyl (C=O) groups excluding carboxylic acids is 1. The Labute approximate surface area is 158 Å². The Balaban J connectivity index is 1.55. The average Bonchev–Trinajstić information content (AvgIpc) is 2.67. The van der Waals surface area contributed by atoms with Crippen molar-refractivity contribution in [3.05, 3.63) is 65.2 Å². The van der Waals surface area contributed by atoms with Gasteiger partial charge >= 0.3 is 6.03 Å². The van der Waals surface area contributed by atoms with Crippen LogP contribution >= 0.6 is 11.6 Å². The van der Waals surface area contributed by atoms with Gasteiger partial charge in [-0.05, 0) is 29.8 Å². The van der Waals surface area contributed by atoms with Crippen LogP contribution in [0, 0.1) is 0 Å². The van der Waals surface area contributed by atoms with E-state index in [1.165, 1.54) is 16.4 Å². The third kappa shape index (κ3) is 4.35. The molecule has 0 unspecified atom stereocenters. The Kier molecular flexibility index (Phi) is 5.80. The Bertz CT molecular complexity index is 849. The van der Waals surface area contributed by atoms with Gasteiger partial charge < -0.3 is 10.2 Å². The lowest BCUT2D eigenvalue weighted by atomic mass is 10.2. The van der Waals surface area contributed by atoms with Crippen LogP contribution in [-0.4, -0.2) is 49.8 Å². The second-order valence-electron chi connectivity index (χ2n) is 5.99. The first-order valence-corrected chi connectivity index (χ1v) is 10.1. The standard InChI is InChI=1S/C18H20ClN3O3S/c19-16-6-8-17(9-7-16)26(24,25)22-12-10-21(11-13-22)18(23)20-14-15-4-2-1-3-5-15/h1-9H,10-14H2,(H,20,23). The Hall–Kier alpha value is -2.09. The van der Waals surface area contributed by atoms with Gasteiger partial charge in [-0.1, -0.05) is 41.9 Å². The number of urea groups is 1. The zero-order valence-electron chi connectivity index (χ0n) is 14.1. The molecule has 2 aromatic carbocycles. The summed E-state index contributed by atoms with van der Waals surface area (Å²) < 4.78 is 26.7. The van der Waals surface area contributed by atoms with Crippen LogP contribution in [-0.2, 0) is 16.6 Å². The number of carbonyl (C=O) groups is 1. The SMILES string of the molecule is O=C(NCc1ccccc1)N1CCN(S(=O)(=O)c2ccc(Cl)cc2)CC1. The molecule has 1 N–H and O–H groups in total. The average molecular weight is 394 g/mol. The van der Waals surface area contributed by atoms with Crippen LogP contribution in [0.3, 0.4) is 0 Å². The molecule has 2 amide bonds. The number of amides is 2. The van der Waals surface area contributed by atoms with Crippen LogP contribution in [0.2, 0.25) is 5.02 Å². The third-order valence-electron chi connectivity index (χ3n) is 4.26. The van der Waals surface area contributed by atoms with Crippen molar-refractivity contribution in [1.82, 2.24) is 14.5 Å². The number of halogens is 1. The van der Waals surface area contributed by atoms with Crippen LogP contribution in [0.5, 0.6) is 0 Å². The molecule has 1 saturated heterocycles. The molecule has 26 heavy (non-hydrogen) atoms. The maximum Gasteiger partial charge on any atom is 0.317 e. The van der Waals surface area contributed by atoms with Gasteiger partial charge in [0.25, 0.3) is 0 Å². The smallest absolute Gasteiger partial charge is 0.317 e. The van der Waals surface area contributed by atoms with Crippen molar-refractivity contribution in [1.29, 1.82) is 0 Å². The molecular formula is C18H20ClN3O3S. The number of nitrogens with one attached hydrogen (secondary N) is 1. The predicted octanol–water partition coefficient (Wildman–Crippen LogP) is 2.56. The van der Waals surface area contributed by atoms with Gasteiger partial charge in [-0.2, -0.15) is 4.31 Å². The lowest BCUT2D eigenvalue weighted by Crippen LogP contribution is -2.52. The number of rotatable bonds is 4. The lowest BCUT2D eigenvalue weighted by Gasteiger charge is -2.34. The molecule has 0 bridgehead atoms. The highest BCUT2D eigenvalue weighted by Crippen LogP contribution is 2.19. The number of sulfonamides is 1. The lowest BCUT2D eigenvalue weighted by molar-refractivity contribution is 0.172. The van der Waals surface area contributed by atoms with Crippen molar-refractivity contribution in [2.75, 3.05) is 26.2 Å². The molecule has 6 nitrogen and oxygen atoms in total. The third-order valence-corrected chi connectivity index (χ3v) is 6.43. The molecule has 8 heteroatoms. The van der Waals surface area contributed by atoms with E-state index in [2.05, 4.69) is 5.32 Å². The molecule has 0 radical (unpaired) electrons. The molecule has 0 atom stereocenters. The Morgan fingerprint density at radius 2 is 1.58 bits per heavy atom. The predicted molar refractivity (Wildman–Crippen MR) is 100 cm³/mol. The summed E-state index contributed by atoms with van der Waals surface area (Å²) in [7, 11) is -3.57. The summed E-state index contributed by atoms with van der Waals surface area (Å²) in [5, 5.41) is 3.35. The monoisotopic (exact) mass is 393 g/mol. The molecule has 1 heterocycles. The van der Waals surface area contributed by atoms with Gasteiger partial charge in [0.15, 0.2) is 0 Å². The van der Waals surface area contributed by atoms with Crippen LogP contribution in [0.1, 0.15) is 5.56 Å². The number of nitrogens with zero attached hydrogens (tertiary/aromatic N) is 2. The summed E-state index contributed by atoms with van der Waals surface area (Å²) >= 11 is 5.82. The van der Waals surface area contributed by atoms with Gasteiger partial charge in [-0.15, -0.1) is 0 Å². The van der Waals surface area contributed by atoms with Gasteiger partial charge in [-0.25, -0.2) is 13.2 Å². The first kappa shape index (κ1) is 18.7. The molecule has 0 spiro atoms. The van der Waals surface area contributed by atoms with E-state index in [4.69, 9.17) is 11.6 Å². The van der Waals surface area contributed by atoms with Crippen LogP contribution in [0.4, 0.5) is 4.79 Å². The van der Waals surface area contributed by atoms with Gasteiger partial charge in [-0.3, -0.25) is 0 Å². The summed E-state index contributed by atoms with van der Waals surface area (Å²) in [5.74, 6) is 0. The largest absolute Gasteiger partial charge is 0.334 e. The molecular weight excluding hydrogens is 374 g/mol. The maximum absolute atomic E-state index is 12.6. The van der Waals surface area contributed by atoms with Crippen molar-refractivity contribution in [3.63, 3.8) is 0 Å². The van der Waals surface area contributed by atoms with Crippen molar-refractivity contribution in [3.8, 4) is 0 Å². The second kappa shape index (κ2) is 8.07. The number of hydrogen-bond donors (Lipinski definition) is 1. The quantitative estimate of drug-likeness (QED) is 0.867. The van der Waals surface area contributed by atoms with E-state index in [1.54, 1.807) is 17.0 Å². The van der Waals surface area contributed by atoms with E-state index in [-0.39, 0.29) is 24.0 Å². The topological polar surface area (TPSA) is 69.7 Å². The number of piperazine rings is 1. The minimum Gasteiger partial charge on any atom is -0.334 e. The van der Waals surface area contributed by atoms with Crippen LogP contribution in [0.25, 0.3) is 0 Å². The normalized spacial score (nSPS) is 15.7. The molecule has 138 valence electrons. The first-order valence-electron chi connectivity index (χ1n) is 8.29. The summed E-state index contributed by atoms with van der Waals surface area (Å²) in [5.41, 5.74) is 1.02. The second-order valence-corrected chi connectivity index (χ2v) is 8.36. The zero-order chi connectivity index (χ0) is 18.6. The van der Waals surface area contributed by atoms with Crippen molar-refractivity contribution < 1.29 is 13.2 Å². The molecule has 3 rings (SSSR count).